The van der Waals surface area contributed by atoms with E-state index in [1.807, 2.05) is 0 Å². The molecule has 4 heteroatoms. The summed E-state index contributed by atoms with van der Waals surface area (Å²) in [6.45, 7) is 1.71. The molecule has 4 aliphatic rings. The molecule has 0 amide bonds. The summed E-state index contributed by atoms with van der Waals surface area (Å²) < 4.78 is 30.3. The van der Waals surface area contributed by atoms with E-state index in [1.54, 1.807) is 0 Å². The maximum Gasteiger partial charge on any atom is 0.345 e. The van der Waals surface area contributed by atoms with Crippen LogP contribution in [-0.2, 0) is 4.74 Å². The molecule has 0 saturated heterocycles. The Morgan fingerprint density at radius 2 is 1.72 bits per heavy atom. The van der Waals surface area contributed by atoms with Gasteiger partial charge in [0.25, 0.3) is 0 Å². The molecule has 0 heterocycles. The van der Waals surface area contributed by atoms with Gasteiger partial charge in [-0.25, -0.2) is 0 Å². The minimum Gasteiger partial charge on any atom is -0.316 e. The van der Waals surface area contributed by atoms with Gasteiger partial charge in [-0.3, -0.25) is 0 Å². The van der Waals surface area contributed by atoms with Gasteiger partial charge >= 0.3 is 6.61 Å². The average Bonchev–Trinajstić information content (AvgIpc) is 2.20. The first-order chi connectivity index (χ1) is 8.47. The summed E-state index contributed by atoms with van der Waals surface area (Å²) in [7, 11) is 0. The molecule has 0 aliphatic heterocycles. The predicted octanol–water partition coefficient (Wildman–Crippen LogP) is 3.17. The van der Waals surface area contributed by atoms with Crippen LogP contribution in [0.2, 0.25) is 0 Å². The Morgan fingerprint density at radius 1 is 1.11 bits per heavy atom. The van der Waals surface area contributed by atoms with Crippen molar-refractivity contribution in [3.63, 3.8) is 0 Å². The largest absolute Gasteiger partial charge is 0.345 e. The Hall–Kier alpha value is -0.220. The summed E-state index contributed by atoms with van der Waals surface area (Å²) in [5.41, 5.74) is -0.500. The molecule has 0 aromatic heterocycles. The van der Waals surface area contributed by atoms with Crippen LogP contribution in [0.25, 0.3) is 0 Å². The first kappa shape index (κ1) is 12.8. The molecule has 4 saturated carbocycles. The molecule has 1 N–H and O–H groups in total. The first-order valence-corrected chi connectivity index (χ1v) is 7.19. The lowest BCUT2D eigenvalue weighted by atomic mass is 9.52. The lowest BCUT2D eigenvalue weighted by Gasteiger charge is -2.59. The minimum absolute atomic E-state index is 0.472. The zero-order valence-electron chi connectivity index (χ0n) is 11.2. The molecule has 2 nitrogen and oxygen atoms in total. The van der Waals surface area contributed by atoms with Gasteiger partial charge in [-0.1, -0.05) is 13.8 Å². The second kappa shape index (κ2) is 4.41. The minimum atomic E-state index is -2.61. The van der Waals surface area contributed by atoms with E-state index >= 15 is 0 Å². The van der Waals surface area contributed by atoms with Crippen molar-refractivity contribution >= 4 is 0 Å². The third-order valence-corrected chi connectivity index (χ3v) is 5.08. The lowest BCUT2D eigenvalue weighted by molar-refractivity contribution is -0.261. The third kappa shape index (κ3) is 2.18. The monoisotopic (exact) mass is 259 g/mol. The van der Waals surface area contributed by atoms with Crippen LogP contribution in [0, 0.1) is 17.8 Å². The highest BCUT2D eigenvalue weighted by atomic mass is 19.3. The van der Waals surface area contributed by atoms with Crippen molar-refractivity contribution in [2.24, 2.45) is 17.8 Å². The molecule has 2 unspecified atom stereocenters. The Labute approximate surface area is 107 Å². The highest BCUT2D eigenvalue weighted by Gasteiger charge is 2.56. The van der Waals surface area contributed by atoms with Crippen molar-refractivity contribution in [2.75, 3.05) is 0 Å². The van der Waals surface area contributed by atoms with Crippen molar-refractivity contribution in [3.05, 3.63) is 0 Å². The van der Waals surface area contributed by atoms with Gasteiger partial charge in [-0.15, -0.1) is 0 Å². The van der Waals surface area contributed by atoms with Crippen molar-refractivity contribution < 1.29 is 13.5 Å². The summed E-state index contributed by atoms with van der Waals surface area (Å²) in [6.07, 6.45) is 4.92. The fourth-order valence-corrected chi connectivity index (χ4v) is 4.94. The maximum absolute atomic E-state index is 12.6. The molecule has 0 spiro atoms. The summed E-state index contributed by atoms with van der Waals surface area (Å²) in [4.78, 5) is 0. The van der Waals surface area contributed by atoms with Gasteiger partial charge in [-0.05, 0) is 49.9 Å². The van der Waals surface area contributed by atoms with E-state index in [1.165, 1.54) is 12.8 Å². The van der Waals surface area contributed by atoms with Gasteiger partial charge in [0.2, 0.25) is 0 Å². The summed E-state index contributed by atoms with van der Waals surface area (Å²) in [6, 6.07) is 0.996. The van der Waals surface area contributed by atoms with Crippen LogP contribution in [0.3, 0.4) is 0 Å². The van der Waals surface area contributed by atoms with Gasteiger partial charge in [0.1, 0.15) is 0 Å². The van der Waals surface area contributed by atoms with E-state index in [0.29, 0.717) is 29.8 Å². The summed E-state index contributed by atoms with van der Waals surface area (Å²) in [5.74, 6) is 1.70. The molecular formula is C14H23F2NO. The second-order valence-corrected chi connectivity index (χ2v) is 6.88. The maximum atomic E-state index is 12.6. The molecular weight excluding hydrogens is 236 g/mol. The topological polar surface area (TPSA) is 21.3 Å². The molecule has 0 radical (unpaired) electrons. The fourth-order valence-electron chi connectivity index (χ4n) is 4.94. The van der Waals surface area contributed by atoms with Crippen molar-refractivity contribution in [1.29, 1.82) is 0 Å². The predicted molar refractivity (Wildman–Crippen MR) is 65.4 cm³/mol. The molecule has 4 rings (SSSR count). The van der Waals surface area contributed by atoms with Crippen LogP contribution in [-0.4, -0.2) is 24.3 Å². The standard InChI is InChI=1S/C14H23F2NO/c1-8(2)17-12-10-3-9-4-11(12)7-14(5-9,6-10)18-13(15)16/h8-13,17H,3-7H2,1-2H3. The average molecular weight is 259 g/mol. The van der Waals surface area contributed by atoms with Gasteiger partial charge in [0, 0.05) is 12.1 Å². The molecule has 2 atom stereocenters. The summed E-state index contributed by atoms with van der Waals surface area (Å²) in [5, 5.41) is 3.65. The number of hydrogen-bond acceptors (Lipinski definition) is 2. The normalized spacial score (nSPS) is 46.3. The SMILES string of the molecule is CC(C)NC1C2CC3CC1CC(OC(F)F)(C3)C2. The van der Waals surface area contributed by atoms with Crippen LogP contribution in [0.4, 0.5) is 8.78 Å². The van der Waals surface area contributed by atoms with Crippen molar-refractivity contribution in [1.82, 2.24) is 5.32 Å². The van der Waals surface area contributed by atoms with E-state index in [-0.39, 0.29) is 0 Å². The molecule has 4 bridgehead atoms. The van der Waals surface area contributed by atoms with E-state index in [2.05, 4.69) is 19.2 Å². The number of nitrogens with one attached hydrogen (secondary N) is 1. The molecule has 0 aromatic rings. The van der Waals surface area contributed by atoms with Gasteiger partial charge in [-0.2, -0.15) is 8.78 Å². The highest BCUT2D eigenvalue weighted by molar-refractivity contribution is 5.09. The van der Waals surface area contributed by atoms with Crippen LogP contribution >= 0.6 is 0 Å². The first-order valence-electron chi connectivity index (χ1n) is 7.19. The molecule has 4 aliphatic carbocycles. The zero-order valence-corrected chi connectivity index (χ0v) is 11.2. The molecule has 18 heavy (non-hydrogen) atoms. The van der Waals surface area contributed by atoms with E-state index in [9.17, 15) is 8.78 Å². The molecule has 4 fully saturated rings. The van der Waals surface area contributed by atoms with Crippen LogP contribution in [0.5, 0.6) is 0 Å². The van der Waals surface area contributed by atoms with Gasteiger partial charge in [0.05, 0.1) is 5.60 Å². The highest BCUT2D eigenvalue weighted by Crippen LogP contribution is 2.57. The Bertz CT molecular complexity index is 301. The fraction of sp³-hybridized carbons (Fsp3) is 1.00. The smallest absolute Gasteiger partial charge is 0.316 e. The van der Waals surface area contributed by atoms with Crippen LogP contribution < -0.4 is 5.32 Å². The Morgan fingerprint density at radius 3 is 2.22 bits per heavy atom. The second-order valence-electron chi connectivity index (χ2n) is 6.88. The van der Waals surface area contributed by atoms with Crippen LogP contribution in [0.1, 0.15) is 46.0 Å². The van der Waals surface area contributed by atoms with Crippen LogP contribution in [0.15, 0.2) is 0 Å². The number of alkyl halides is 2. The van der Waals surface area contributed by atoms with Crippen molar-refractivity contribution in [2.45, 2.75) is 70.2 Å². The summed E-state index contributed by atoms with van der Waals surface area (Å²) >= 11 is 0. The quantitative estimate of drug-likeness (QED) is 0.837. The zero-order chi connectivity index (χ0) is 12.9. The van der Waals surface area contributed by atoms with Gasteiger partial charge < -0.3 is 10.1 Å². The van der Waals surface area contributed by atoms with E-state index in [4.69, 9.17) is 4.74 Å². The number of hydrogen-bond donors (Lipinski definition) is 1. The number of rotatable bonds is 4. The van der Waals surface area contributed by atoms with Gasteiger partial charge in [0.15, 0.2) is 0 Å². The third-order valence-electron chi connectivity index (χ3n) is 5.08. The Kier molecular flexibility index (Phi) is 3.14. The van der Waals surface area contributed by atoms with Crippen molar-refractivity contribution in [3.8, 4) is 0 Å². The number of ether oxygens (including phenoxy) is 1. The Balaban J connectivity index is 1.75. The van der Waals surface area contributed by atoms with E-state index in [0.717, 1.165) is 19.3 Å². The van der Waals surface area contributed by atoms with E-state index < -0.39 is 12.2 Å². The molecule has 104 valence electrons. The molecule has 0 aromatic carbocycles. The lowest BCUT2D eigenvalue weighted by Crippen LogP contribution is -2.62. The number of halogens is 2.